The number of methoxy groups -OCH3 is 1. The molecule has 1 amide bonds. The highest BCUT2D eigenvalue weighted by molar-refractivity contribution is 7.15. The Hall–Kier alpha value is -1.96. The molecule has 0 aliphatic carbocycles. The maximum atomic E-state index is 12.1. The topological polar surface area (TPSA) is 54.9 Å². The van der Waals surface area contributed by atoms with Crippen LogP contribution < -0.4 is 4.74 Å². The molecule has 6 nitrogen and oxygen atoms in total. The number of aromatic nitrogens is 1. The van der Waals surface area contributed by atoms with Gasteiger partial charge in [0.25, 0.3) is 0 Å². The van der Waals surface area contributed by atoms with Gasteiger partial charge in [0.1, 0.15) is 17.4 Å². The van der Waals surface area contributed by atoms with Crippen LogP contribution in [0.2, 0.25) is 0 Å². The zero-order valence-electron chi connectivity index (χ0n) is 17.9. The van der Waals surface area contributed by atoms with Crippen molar-refractivity contribution in [3.05, 3.63) is 34.8 Å². The van der Waals surface area contributed by atoms with Gasteiger partial charge in [-0.2, -0.15) is 0 Å². The number of hydrogen-bond donors (Lipinski definition) is 0. The summed E-state index contributed by atoms with van der Waals surface area (Å²) in [7, 11) is 1.55. The molecule has 1 fully saturated rings. The van der Waals surface area contributed by atoms with Gasteiger partial charge in [0.15, 0.2) is 0 Å². The molecule has 1 aromatic carbocycles. The number of fused-ring (bicyclic) bond motifs is 1. The standard InChI is InChI=1S/C23H31N3O3S/c1-17-5-3-11-25(17)12-4-14-29-19-8-6-18(7-9-19)23-24-20-15-26(22(27)16-28-2)13-10-21(20)30-23/h6-9,17H,3-5,10-16H2,1-2H3/t17-/m1/s1. The van der Waals surface area contributed by atoms with Gasteiger partial charge in [-0.15, -0.1) is 11.3 Å². The largest absolute Gasteiger partial charge is 0.494 e. The number of nitrogens with zero attached hydrogens (tertiary/aromatic N) is 3. The van der Waals surface area contributed by atoms with E-state index in [0.717, 1.165) is 60.6 Å². The zero-order chi connectivity index (χ0) is 20.9. The van der Waals surface area contributed by atoms with Crippen LogP contribution in [0.1, 0.15) is 36.8 Å². The lowest BCUT2D eigenvalue weighted by molar-refractivity contribution is -0.136. The van der Waals surface area contributed by atoms with E-state index in [-0.39, 0.29) is 12.5 Å². The number of likely N-dealkylation sites (tertiary alicyclic amines) is 1. The average Bonchev–Trinajstić information content (AvgIpc) is 3.37. The molecule has 7 heteroatoms. The molecule has 0 bridgehead atoms. The van der Waals surface area contributed by atoms with E-state index in [1.54, 1.807) is 18.4 Å². The van der Waals surface area contributed by atoms with Crippen molar-refractivity contribution in [2.75, 3.05) is 40.0 Å². The Bertz CT molecular complexity index is 852. The summed E-state index contributed by atoms with van der Waals surface area (Å²) >= 11 is 1.73. The van der Waals surface area contributed by atoms with Crippen LogP contribution in [0, 0.1) is 0 Å². The monoisotopic (exact) mass is 429 g/mol. The van der Waals surface area contributed by atoms with Gasteiger partial charge >= 0.3 is 0 Å². The van der Waals surface area contributed by atoms with Gasteiger partial charge in [-0.3, -0.25) is 4.79 Å². The van der Waals surface area contributed by atoms with Gasteiger partial charge in [0.2, 0.25) is 5.91 Å². The van der Waals surface area contributed by atoms with Crippen LogP contribution in [-0.4, -0.2) is 66.7 Å². The SMILES string of the molecule is COCC(=O)N1CCc2sc(-c3ccc(OCCCN4CCC[C@H]4C)cc3)nc2C1. The average molecular weight is 430 g/mol. The number of hydrogen-bond acceptors (Lipinski definition) is 6. The second-order valence-electron chi connectivity index (χ2n) is 8.14. The molecule has 0 N–H and O–H groups in total. The Labute approximate surface area is 182 Å². The highest BCUT2D eigenvalue weighted by atomic mass is 32.1. The first-order valence-corrected chi connectivity index (χ1v) is 11.7. The summed E-state index contributed by atoms with van der Waals surface area (Å²) in [5.41, 5.74) is 2.12. The quantitative estimate of drug-likeness (QED) is 0.600. The van der Waals surface area contributed by atoms with Gasteiger partial charge in [0.05, 0.1) is 18.8 Å². The van der Waals surface area contributed by atoms with Crippen LogP contribution in [0.3, 0.4) is 0 Å². The Morgan fingerprint density at radius 2 is 2.10 bits per heavy atom. The minimum Gasteiger partial charge on any atom is -0.494 e. The van der Waals surface area contributed by atoms with Gasteiger partial charge in [-0.1, -0.05) is 0 Å². The zero-order valence-corrected chi connectivity index (χ0v) is 18.7. The number of carbonyl (C=O) groups is 1. The molecule has 0 saturated carbocycles. The third-order valence-corrected chi connectivity index (χ3v) is 7.20. The lowest BCUT2D eigenvalue weighted by Gasteiger charge is -2.25. The molecule has 2 aliphatic heterocycles. The van der Waals surface area contributed by atoms with E-state index in [1.165, 1.54) is 24.3 Å². The molecule has 30 heavy (non-hydrogen) atoms. The minimum atomic E-state index is 0.0263. The highest BCUT2D eigenvalue weighted by Gasteiger charge is 2.24. The Balaban J connectivity index is 1.30. The van der Waals surface area contributed by atoms with Crippen LogP contribution in [0.15, 0.2) is 24.3 Å². The van der Waals surface area contributed by atoms with Gasteiger partial charge < -0.3 is 19.3 Å². The summed E-state index contributed by atoms with van der Waals surface area (Å²) in [6.07, 6.45) is 4.57. The molecule has 2 aliphatic rings. The van der Waals surface area contributed by atoms with Crippen LogP contribution >= 0.6 is 11.3 Å². The van der Waals surface area contributed by atoms with E-state index in [9.17, 15) is 4.79 Å². The molecule has 0 radical (unpaired) electrons. The first kappa shape index (κ1) is 21.3. The summed E-state index contributed by atoms with van der Waals surface area (Å²) in [4.78, 5) is 22.6. The second-order valence-corrected chi connectivity index (χ2v) is 9.22. The number of amides is 1. The van der Waals surface area contributed by atoms with Gasteiger partial charge in [-0.05, 0) is 57.0 Å². The fourth-order valence-electron chi connectivity index (χ4n) is 4.23. The van der Waals surface area contributed by atoms with Crippen molar-refractivity contribution in [2.24, 2.45) is 0 Å². The van der Waals surface area contributed by atoms with E-state index in [0.29, 0.717) is 6.54 Å². The Morgan fingerprint density at radius 1 is 1.27 bits per heavy atom. The normalized spacial score (nSPS) is 19.1. The molecular weight excluding hydrogens is 398 g/mol. The number of benzene rings is 1. The first-order chi connectivity index (χ1) is 14.6. The van der Waals surface area contributed by atoms with Crippen molar-refractivity contribution in [3.63, 3.8) is 0 Å². The molecule has 3 heterocycles. The van der Waals surface area contributed by atoms with Crippen molar-refractivity contribution < 1.29 is 14.3 Å². The van der Waals surface area contributed by atoms with E-state index < -0.39 is 0 Å². The van der Waals surface area contributed by atoms with Crippen molar-refractivity contribution >= 4 is 17.2 Å². The molecule has 4 rings (SSSR count). The first-order valence-electron chi connectivity index (χ1n) is 10.9. The predicted molar refractivity (Wildman–Crippen MR) is 119 cm³/mol. The van der Waals surface area contributed by atoms with Crippen LogP contribution in [0.5, 0.6) is 5.75 Å². The third-order valence-electron chi connectivity index (χ3n) is 6.00. The van der Waals surface area contributed by atoms with Crippen molar-refractivity contribution in [1.82, 2.24) is 14.8 Å². The molecule has 1 saturated heterocycles. The van der Waals surface area contributed by atoms with Crippen LogP contribution in [0.25, 0.3) is 10.6 Å². The summed E-state index contributed by atoms with van der Waals surface area (Å²) in [6.45, 7) is 6.85. The number of rotatable bonds is 8. The number of ether oxygens (including phenoxy) is 2. The van der Waals surface area contributed by atoms with E-state index >= 15 is 0 Å². The van der Waals surface area contributed by atoms with Crippen LogP contribution in [-0.2, 0) is 22.5 Å². The van der Waals surface area contributed by atoms with E-state index in [4.69, 9.17) is 14.5 Å². The summed E-state index contributed by atoms with van der Waals surface area (Å²) in [5, 5.41) is 1.01. The summed E-state index contributed by atoms with van der Waals surface area (Å²) in [6, 6.07) is 8.94. The summed E-state index contributed by atoms with van der Waals surface area (Å²) in [5.74, 6) is 0.935. The Kier molecular flexibility index (Phi) is 7.02. The summed E-state index contributed by atoms with van der Waals surface area (Å²) < 4.78 is 10.9. The van der Waals surface area contributed by atoms with Crippen molar-refractivity contribution in [1.29, 1.82) is 0 Å². The second kappa shape index (κ2) is 9.90. The number of thiazole rings is 1. The maximum absolute atomic E-state index is 12.1. The molecule has 0 unspecified atom stereocenters. The van der Waals surface area contributed by atoms with Crippen molar-refractivity contribution in [3.8, 4) is 16.3 Å². The van der Waals surface area contributed by atoms with E-state index in [2.05, 4.69) is 24.0 Å². The predicted octanol–water partition coefficient (Wildman–Crippen LogP) is 3.59. The molecule has 162 valence electrons. The molecule has 2 aromatic rings. The van der Waals surface area contributed by atoms with Gasteiger partial charge in [0, 0.05) is 43.1 Å². The lowest BCUT2D eigenvalue weighted by atomic mass is 10.2. The maximum Gasteiger partial charge on any atom is 0.248 e. The third kappa shape index (κ3) is 5.02. The lowest BCUT2D eigenvalue weighted by Crippen LogP contribution is -2.37. The fourth-order valence-corrected chi connectivity index (χ4v) is 5.29. The van der Waals surface area contributed by atoms with E-state index in [1.807, 2.05) is 17.0 Å². The van der Waals surface area contributed by atoms with Gasteiger partial charge in [-0.25, -0.2) is 4.98 Å². The Morgan fingerprint density at radius 3 is 2.83 bits per heavy atom. The molecule has 1 aromatic heterocycles. The smallest absolute Gasteiger partial charge is 0.248 e. The highest BCUT2D eigenvalue weighted by Crippen LogP contribution is 2.32. The van der Waals surface area contributed by atoms with Crippen LogP contribution in [0.4, 0.5) is 0 Å². The van der Waals surface area contributed by atoms with Crippen molar-refractivity contribution in [2.45, 2.75) is 45.2 Å². The molecule has 1 atom stereocenters. The molecular formula is C23H31N3O3S. The molecule has 0 spiro atoms. The fraction of sp³-hybridized carbons (Fsp3) is 0.565. The number of carbonyl (C=O) groups excluding carboxylic acids is 1. The minimum absolute atomic E-state index is 0.0263.